The molecule has 0 aliphatic heterocycles. The minimum atomic E-state index is -0.231. The molecule has 4 N–H and O–H groups in total. The molecule has 2 aromatic carbocycles. The summed E-state index contributed by atoms with van der Waals surface area (Å²) in [7, 11) is 1.75. The van der Waals surface area contributed by atoms with Crippen LogP contribution in [-0.4, -0.2) is 36.2 Å². The molecule has 0 saturated carbocycles. The van der Waals surface area contributed by atoms with Crippen molar-refractivity contribution in [3.05, 3.63) is 65.6 Å². The lowest BCUT2D eigenvalue weighted by atomic mass is 10.1. The number of aromatic amines is 1. The highest BCUT2D eigenvalue weighted by atomic mass is 127. The van der Waals surface area contributed by atoms with Crippen LogP contribution >= 0.6 is 24.0 Å². The molecule has 7 heteroatoms. The van der Waals surface area contributed by atoms with E-state index in [9.17, 15) is 9.50 Å². The van der Waals surface area contributed by atoms with Gasteiger partial charge in [0, 0.05) is 37.2 Å². The highest BCUT2D eigenvalue weighted by Crippen LogP contribution is 2.19. The molecular formula is C21H26FIN4O. The number of halogens is 2. The van der Waals surface area contributed by atoms with Gasteiger partial charge in [-0.3, -0.25) is 4.99 Å². The second-order valence-corrected chi connectivity index (χ2v) is 6.45. The van der Waals surface area contributed by atoms with Crippen LogP contribution in [0, 0.1) is 5.82 Å². The largest absolute Gasteiger partial charge is 0.508 e. The molecule has 5 nitrogen and oxygen atoms in total. The number of H-pyrrole nitrogens is 1. The number of hydrogen-bond donors (Lipinski definition) is 4. The van der Waals surface area contributed by atoms with Crippen molar-refractivity contribution in [3.8, 4) is 5.75 Å². The van der Waals surface area contributed by atoms with E-state index in [1.165, 1.54) is 17.7 Å². The molecule has 3 rings (SSSR count). The molecule has 0 radical (unpaired) electrons. The topological polar surface area (TPSA) is 72.4 Å². The fourth-order valence-electron chi connectivity index (χ4n) is 3.06. The number of fused-ring (bicyclic) bond motifs is 1. The lowest BCUT2D eigenvalue weighted by Crippen LogP contribution is -2.38. The molecule has 0 atom stereocenters. The number of phenols is 1. The molecule has 0 bridgehead atoms. The summed E-state index contributed by atoms with van der Waals surface area (Å²) in [5.74, 6) is 0.833. The number of nitrogens with zero attached hydrogens (tertiary/aromatic N) is 1. The Morgan fingerprint density at radius 2 is 1.82 bits per heavy atom. The van der Waals surface area contributed by atoms with Crippen LogP contribution in [0.1, 0.15) is 17.5 Å². The number of hydrogen-bond acceptors (Lipinski definition) is 2. The number of aryl methyl sites for hydroxylation is 1. The van der Waals surface area contributed by atoms with Gasteiger partial charge in [0.25, 0.3) is 0 Å². The normalized spacial score (nSPS) is 11.3. The van der Waals surface area contributed by atoms with Crippen LogP contribution < -0.4 is 10.6 Å². The van der Waals surface area contributed by atoms with Gasteiger partial charge in [-0.05, 0) is 60.7 Å². The SMILES string of the molecule is CN=C(NCCCc1ccc(O)cc1)NCCc1c[nH]c2cc(F)ccc12.I. The molecule has 1 heterocycles. The maximum absolute atomic E-state index is 13.3. The molecule has 0 fully saturated rings. The second kappa shape index (κ2) is 10.9. The average molecular weight is 496 g/mol. The Morgan fingerprint density at radius 1 is 1.07 bits per heavy atom. The monoisotopic (exact) mass is 496 g/mol. The predicted octanol–water partition coefficient (Wildman–Crippen LogP) is 3.97. The molecule has 0 aliphatic rings. The van der Waals surface area contributed by atoms with Crippen LogP contribution in [0.3, 0.4) is 0 Å². The molecule has 150 valence electrons. The second-order valence-electron chi connectivity index (χ2n) is 6.45. The summed E-state index contributed by atoms with van der Waals surface area (Å²) in [5.41, 5.74) is 3.18. The van der Waals surface area contributed by atoms with Crippen molar-refractivity contribution in [2.75, 3.05) is 20.1 Å². The maximum Gasteiger partial charge on any atom is 0.190 e. The van der Waals surface area contributed by atoms with Crippen molar-refractivity contribution >= 4 is 40.8 Å². The first-order chi connectivity index (χ1) is 13.2. The molecule has 3 aromatic rings. The van der Waals surface area contributed by atoms with Crippen LogP contribution in [0.25, 0.3) is 10.9 Å². The van der Waals surface area contributed by atoms with Crippen LogP contribution in [0.15, 0.2) is 53.7 Å². The number of aliphatic imine (C=N–C) groups is 1. The van der Waals surface area contributed by atoms with E-state index < -0.39 is 0 Å². The number of aromatic hydroxyl groups is 1. The number of nitrogens with one attached hydrogen (secondary N) is 3. The maximum atomic E-state index is 13.3. The fraction of sp³-hybridized carbons (Fsp3) is 0.286. The Bertz CT molecular complexity index is 908. The number of phenolic OH excluding ortho intramolecular Hbond substituents is 1. The zero-order valence-electron chi connectivity index (χ0n) is 15.8. The van der Waals surface area contributed by atoms with E-state index in [1.54, 1.807) is 19.2 Å². The van der Waals surface area contributed by atoms with Crippen molar-refractivity contribution in [1.82, 2.24) is 15.6 Å². The number of rotatable bonds is 7. The molecular weight excluding hydrogens is 470 g/mol. The van der Waals surface area contributed by atoms with Crippen molar-refractivity contribution in [1.29, 1.82) is 0 Å². The van der Waals surface area contributed by atoms with Gasteiger partial charge in [0.2, 0.25) is 0 Å². The Kier molecular flexibility index (Phi) is 8.56. The van der Waals surface area contributed by atoms with Crippen molar-refractivity contribution in [2.45, 2.75) is 19.3 Å². The average Bonchev–Trinajstić information content (AvgIpc) is 3.07. The standard InChI is InChI=1S/C21H25FN4O.HI/c1-23-21(24-11-2-3-15-4-7-18(27)8-5-15)25-12-10-16-14-26-20-13-17(22)6-9-19(16)20;/h4-9,13-14,26-27H,2-3,10-12H2,1H3,(H2,23,24,25);1H. The van der Waals surface area contributed by atoms with Crippen molar-refractivity contribution < 1.29 is 9.50 Å². The van der Waals surface area contributed by atoms with Crippen LogP contribution in [0.4, 0.5) is 4.39 Å². The van der Waals surface area contributed by atoms with E-state index in [4.69, 9.17) is 0 Å². The quantitative estimate of drug-likeness (QED) is 0.173. The minimum absolute atomic E-state index is 0. The van der Waals surface area contributed by atoms with Gasteiger partial charge in [-0.1, -0.05) is 12.1 Å². The highest BCUT2D eigenvalue weighted by molar-refractivity contribution is 14.0. The number of guanidine groups is 1. The third kappa shape index (κ3) is 6.12. The van der Waals surface area contributed by atoms with Gasteiger partial charge >= 0.3 is 0 Å². The first kappa shape index (κ1) is 22.0. The van der Waals surface area contributed by atoms with Crippen molar-refractivity contribution in [2.24, 2.45) is 4.99 Å². The predicted molar refractivity (Wildman–Crippen MR) is 123 cm³/mol. The Hall–Kier alpha value is -2.29. The summed E-state index contributed by atoms with van der Waals surface area (Å²) in [5, 5.41) is 17.0. The number of benzene rings is 2. The van der Waals surface area contributed by atoms with Gasteiger partial charge < -0.3 is 20.7 Å². The van der Waals surface area contributed by atoms with E-state index >= 15 is 0 Å². The first-order valence-electron chi connectivity index (χ1n) is 9.13. The first-order valence-corrected chi connectivity index (χ1v) is 9.13. The molecule has 28 heavy (non-hydrogen) atoms. The van der Waals surface area contributed by atoms with Gasteiger partial charge in [0.05, 0.1) is 0 Å². The smallest absolute Gasteiger partial charge is 0.190 e. The molecule has 0 spiro atoms. The molecule has 0 amide bonds. The molecule has 0 unspecified atom stereocenters. The molecule has 1 aromatic heterocycles. The highest BCUT2D eigenvalue weighted by Gasteiger charge is 2.05. The Balaban J connectivity index is 0.00000280. The zero-order chi connectivity index (χ0) is 19.1. The summed E-state index contributed by atoms with van der Waals surface area (Å²) < 4.78 is 13.3. The van der Waals surface area contributed by atoms with E-state index in [2.05, 4.69) is 20.6 Å². The number of aromatic nitrogens is 1. The molecule has 0 saturated heterocycles. The zero-order valence-corrected chi connectivity index (χ0v) is 18.2. The van der Waals surface area contributed by atoms with E-state index in [0.29, 0.717) is 5.75 Å². The Labute approximate surface area is 181 Å². The summed E-state index contributed by atoms with van der Waals surface area (Å²) >= 11 is 0. The summed E-state index contributed by atoms with van der Waals surface area (Å²) in [4.78, 5) is 7.35. The van der Waals surface area contributed by atoms with Gasteiger partial charge in [0.15, 0.2) is 5.96 Å². The third-order valence-corrected chi connectivity index (χ3v) is 4.51. The van der Waals surface area contributed by atoms with Gasteiger partial charge in [-0.25, -0.2) is 4.39 Å². The molecule has 0 aliphatic carbocycles. The van der Waals surface area contributed by atoms with Gasteiger partial charge in [-0.2, -0.15) is 0 Å². The van der Waals surface area contributed by atoms with Gasteiger partial charge in [-0.15, -0.1) is 24.0 Å². The van der Waals surface area contributed by atoms with Gasteiger partial charge in [0.1, 0.15) is 11.6 Å². The van der Waals surface area contributed by atoms with E-state index in [-0.39, 0.29) is 29.8 Å². The fourth-order valence-corrected chi connectivity index (χ4v) is 3.06. The van der Waals surface area contributed by atoms with E-state index in [1.807, 2.05) is 24.4 Å². The van der Waals surface area contributed by atoms with Crippen LogP contribution in [0.5, 0.6) is 5.75 Å². The lowest BCUT2D eigenvalue weighted by Gasteiger charge is -2.11. The van der Waals surface area contributed by atoms with Crippen molar-refractivity contribution in [3.63, 3.8) is 0 Å². The Morgan fingerprint density at radius 3 is 2.57 bits per heavy atom. The third-order valence-electron chi connectivity index (χ3n) is 4.51. The summed E-state index contributed by atoms with van der Waals surface area (Å²) in [6.45, 7) is 1.55. The van der Waals surface area contributed by atoms with Crippen LogP contribution in [-0.2, 0) is 12.8 Å². The summed E-state index contributed by atoms with van der Waals surface area (Å²) in [6, 6.07) is 12.1. The summed E-state index contributed by atoms with van der Waals surface area (Å²) in [6.07, 6.45) is 4.66. The van der Waals surface area contributed by atoms with E-state index in [0.717, 1.165) is 54.8 Å². The lowest BCUT2D eigenvalue weighted by molar-refractivity contribution is 0.475. The van der Waals surface area contributed by atoms with Crippen LogP contribution in [0.2, 0.25) is 0 Å². The minimum Gasteiger partial charge on any atom is -0.508 e.